The van der Waals surface area contributed by atoms with E-state index in [1.54, 1.807) is 7.11 Å². The average Bonchev–Trinajstić information content (AvgIpc) is 3.19. The van der Waals surface area contributed by atoms with Crippen molar-refractivity contribution in [2.75, 3.05) is 20.2 Å². The van der Waals surface area contributed by atoms with Gasteiger partial charge in [-0.05, 0) is 52.5 Å². The lowest BCUT2D eigenvalue weighted by molar-refractivity contribution is -0.121. The summed E-state index contributed by atoms with van der Waals surface area (Å²) in [5.74, 6) is 2.24. The Hall–Kier alpha value is -1.71. The van der Waals surface area contributed by atoms with E-state index < -0.39 is 0 Å². The summed E-state index contributed by atoms with van der Waals surface area (Å²) in [6, 6.07) is 6.06. The van der Waals surface area contributed by atoms with Crippen molar-refractivity contribution in [2.24, 2.45) is 4.99 Å². The fraction of sp³-hybridized carbons (Fsp3) is 0.636. The molecule has 3 N–H and O–H groups in total. The SMILES string of the molecule is CCNC(=NCc1cccc(OC)c1OC1CCCC1)NCCC(=O)NC(C)C.I. The third kappa shape index (κ3) is 8.97. The van der Waals surface area contributed by atoms with Crippen LogP contribution in [-0.2, 0) is 11.3 Å². The molecule has 1 aromatic carbocycles. The monoisotopic (exact) mass is 532 g/mol. The molecular formula is C22H37IN4O3. The maximum Gasteiger partial charge on any atom is 0.221 e. The maximum absolute atomic E-state index is 11.8. The highest BCUT2D eigenvalue weighted by Crippen LogP contribution is 2.35. The number of benzene rings is 1. The Morgan fingerprint density at radius 3 is 2.60 bits per heavy atom. The minimum atomic E-state index is 0. The van der Waals surface area contributed by atoms with Crippen LogP contribution in [0.2, 0.25) is 0 Å². The third-order valence-corrected chi connectivity index (χ3v) is 4.71. The average molecular weight is 532 g/mol. The number of methoxy groups -OCH3 is 1. The predicted octanol–water partition coefficient (Wildman–Crippen LogP) is 3.60. The van der Waals surface area contributed by atoms with Crippen LogP contribution in [0.3, 0.4) is 0 Å². The number of hydrogen-bond acceptors (Lipinski definition) is 4. The zero-order chi connectivity index (χ0) is 21.1. The van der Waals surface area contributed by atoms with Gasteiger partial charge < -0.3 is 25.4 Å². The van der Waals surface area contributed by atoms with E-state index >= 15 is 0 Å². The molecule has 0 heterocycles. The molecule has 0 bridgehead atoms. The predicted molar refractivity (Wildman–Crippen MR) is 132 cm³/mol. The molecule has 8 heteroatoms. The van der Waals surface area contributed by atoms with Gasteiger partial charge in [-0.3, -0.25) is 4.79 Å². The lowest BCUT2D eigenvalue weighted by atomic mass is 10.1. The molecule has 1 aliphatic carbocycles. The van der Waals surface area contributed by atoms with E-state index in [0.29, 0.717) is 25.5 Å². The first-order valence-electron chi connectivity index (χ1n) is 10.7. The lowest BCUT2D eigenvalue weighted by Gasteiger charge is -2.19. The number of amides is 1. The lowest BCUT2D eigenvalue weighted by Crippen LogP contribution is -2.40. The number of hydrogen-bond donors (Lipinski definition) is 3. The van der Waals surface area contributed by atoms with Crippen LogP contribution in [0.15, 0.2) is 23.2 Å². The van der Waals surface area contributed by atoms with Crippen molar-refractivity contribution in [3.05, 3.63) is 23.8 Å². The second-order valence-corrected chi connectivity index (χ2v) is 7.57. The molecule has 0 unspecified atom stereocenters. The summed E-state index contributed by atoms with van der Waals surface area (Å²) >= 11 is 0. The van der Waals surface area contributed by atoms with Gasteiger partial charge in [-0.25, -0.2) is 4.99 Å². The molecule has 2 rings (SSSR count). The zero-order valence-electron chi connectivity index (χ0n) is 18.6. The van der Waals surface area contributed by atoms with E-state index in [2.05, 4.69) is 20.9 Å². The smallest absolute Gasteiger partial charge is 0.221 e. The van der Waals surface area contributed by atoms with Crippen LogP contribution in [0.5, 0.6) is 11.5 Å². The van der Waals surface area contributed by atoms with Gasteiger partial charge in [-0.2, -0.15) is 0 Å². The molecule has 7 nitrogen and oxygen atoms in total. The van der Waals surface area contributed by atoms with E-state index in [0.717, 1.165) is 36.4 Å². The molecule has 0 saturated heterocycles. The molecule has 1 amide bonds. The molecule has 0 aliphatic heterocycles. The second-order valence-electron chi connectivity index (χ2n) is 7.57. The van der Waals surface area contributed by atoms with Crippen molar-refractivity contribution in [1.29, 1.82) is 0 Å². The van der Waals surface area contributed by atoms with Crippen LogP contribution in [0.1, 0.15) is 58.4 Å². The molecule has 0 spiro atoms. The molecule has 30 heavy (non-hydrogen) atoms. The van der Waals surface area contributed by atoms with Crippen molar-refractivity contribution in [3.8, 4) is 11.5 Å². The van der Waals surface area contributed by atoms with Crippen molar-refractivity contribution in [3.63, 3.8) is 0 Å². The summed E-state index contributed by atoms with van der Waals surface area (Å²) < 4.78 is 11.8. The van der Waals surface area contributed by atoms with Crippen molar-refractivity contribution >= 4 is 35.8 Å². The highest BCUT2D eigenvalue weighted by molar-refractivity contribution is 14.0. The Bertz CT molecular complexity index is 676. The summed E-state index contributed by atoms with van der Waals surface area (Å²) in [7, 11) is 1.66. The number of guanidine groups is 1. The number of rotatable bonds is 10. The van der Waals surface area contributed by atoms with Gasteiger partial charge in [-0.1, -0.05) is 12.1 Å². The Balaban J connectivity index is 0.00000450. The van der Waals surface area contributed by atoms with E-state index in [-0.39, 0.29) is 42.0 Å². The third-order valence-electron chi connectivity index (χ3n) is 4.71. The Morgan fingerprint density at radius 2 is 1.97 bits per heavy atom. The number of aliphatic imine (C=N–C) groups is 1. The number of ether oxygens (including phenoxy) is 2. The van der Waals surface area contributed by atoms with Crippen LogP contribution < -0.4 is 25.4 Å². The topological polar surface area (TPSA) is 84.0 Å². The highest BCUT2D eigenvalue weighted by Gasteiger charge is 2.20. The van der Waals surface area contributed by atoms with Gasteiger partial charge in [0.25, 0.3) is 0 Å². The number of para-hydroxylation sites is 1. The van der Waals surface area contributed by atoms with Gasteiger partial charge in [0, 0.05) is 31.1 Å². The van der Waals surface area contributed by atoms with Crippen LogP contribution in [-0.4, -0.2) is 44.2 Å². The summed E-state index contributed by atoms with van der Waals surface area (Å²) in [6.45, 7) is 7.66. The largest absolute Gasteiger partial charge is 0.493 e. The maximum atomic E-state index is 11.8. The van der Waals surface area contributed by atoms with Crippen LogP contribution in [0.25, 0.3) is 0 Å². The summed E-state index contributed by atoms with van der Waals surface area (Å²) in [6.07, 6.45) is 5.25. The summed E-state index contributed by atoms with van der Waals surface area (Å²) in [4.78, 5) is 16.5. The fourth-order valence-corrected chi connectivity index (χ4v) is 3.35. The Labute approximate surface area is 197 Å². The highest BCUT2D eigenvalue weighted by atomic mass is 127. The van der Waals surface area contributed by atoms with E-state index in [1.165, 1.54) is 12.8 Å². The zero-order valence-corrected chi connectivity index (χ0v) is 21.0. The first-order valence-corrected chi connectivity index (χ1v) is 10.7. The number of carbonyl (C=O) groups excluding carboxylic acids is 1. The molecule has 1 fully saturated rings. The van der Waals surface area contributed by atoms with Gasteiger partial charge >= 0.3 is 0 Å². The van der Waals surface area contributed by atoms with E-state index in [9.17, 15) is 4.79 Å². The van der Waals surface area contributed by atoms with Crippen LogP contribution in [0.4, 0.5) is 0 Å². The molecule has 0 atom stereocenters. The minimum absolute atomic E-state index is 0. The molecule has 1 saturated carbocycles. The van der Waals surface area contributed by atoms with E-state index in [4.69, 9.17) is 9.47 Å². The van der Waals surface area contributed by atoms with Gasteiger partial charge in [-0.15, -0.1) is 24.0 Å². The fourth-order valence-electron chi connectivity index (χ4n) is 3.35. The first kappa shape index (κ1) is 26.3. The Kier molecular flexibility index (Phi) is 12.6. The van der Waals surface area contributed by atoms with Crippen molar-refractivity contribution in [1.82, 2.24) is 16.0 Å². The van der Waals surface area contributed by atoms with E-state index in [1.807, 2.05) is 39.0 Å². The molecule has 1 aliphatic rings. The molecule has 0 radical (unpaired) electrons. The number of nitrogens with zero attached hydrogens (tertiary/aromatic N) is 1. The summed E-state index contributed by atoms with van der Waals surface area (Å²) in [5.41, 5.74) is 0.992. The normalized spacial score (nSPS) is 14.2. The molecule has 0 aromatic heterocycles. The second kappa shape index (κ2) is 14.3. The van der Waals surface area contributed by atoms with Crippen molar-refractivity contribution < 1.29 is 14.3 Å². The first-order chi connectivity index (χ1) is 14.0. The van der Waals surface area contributed by atoms with Crippen LogP contribution in [0, 0.1) is 0 Å². The van der Waals surface area contributed by atoms with Crippen LogP contribution >= 0.6 is 24.0 Å². The molecule has 170 valence electrons. The Morgan fingerprint density at radius 1 is 1.23 bits per heavy atom. The number of nitrogens with one attached hydrogen (secondary N) is 3. The van der Waals surface area contributed by atoms with Gasteiger partial charge in [0.05, 0.1) is 19.8 Å². The van der Waals surface area contributed by atoms with Gasteiger partial charge in [0.15, 0.2) is 17.5 Å². The minimum Gasteiger partial charge on any atom is -0.493 e. The standard InChI is InChI=1S/C22H36N4O3.HI/c1-5-23-22(24-14-13-20(27)26-16(2)3)25-15-17-9-8-12-19(28-4)21(17)29-18-10-6-7-11-18;/h8-9,12,16,18H,5-7,10-11,13-15H2,1-4H3,(H,26,27)(H2,23,24,25);1H. The molecule has 1 aromatic rings. The summed E-state index contributed by atoms with van der Waals surface area (Å²) in [5, 5.41) is 9.34. The van der Waals surface area contributed by atoms with Crippen molar-refractivity contribution in [2.45, 2.75) is 71.6 Å². The van der Waals surface area contributed by atoms with Gasteiger partial charge in [0.2, 0.25) is 5.91 Å². The number of carbonyl (C=O) groups is 1. The number of halogens is 1. The molecular weight excluding hydrogens is 495 g/mol. The van der Waals surface area contributed by atoms with Gasteiger partial charge in [0.1, 0.15) is 0 Å². The quantitative estimate of drug-likeness (QED) is 0.244.